The van der Waals surface area contributed by atoms with Crippen molar-refractivity contribution in [3.8, 4) is 0 Å². The second kappa shape index (κ2) is 3.86. The van der Waals surface area contributed by atoms with Crippen LogP contribution in [0.2, 0.25) is 0 Å². The maximum absolute atomic E-state index is 11.4. The van der Waals surface area contributed by atoms with Crippen LogP contribution in [0, 0.1) is 5.92 Å². The summed E-state index contributed by atoms with van der Waals surface area (Å²) in [6.45, 7) is 0.806. The summed E-state index contributed by atoms with van der Waals surface area (Å²) in [7, 11) is 0. The Balaban J connectivity index is 1.93. The van der Waals surface area contributed by atoms with Crippen LogP contribution in [0.3, 0.4) is 0 Å². The molecule has 0 atom stereocenters. The Hall–Kier alpha value is -1.25. The van der Waals surface area contributed by atoms with Gasteiger partial charge in [-0.1, -0.05) is 12.8 Å². The third-order valence-electron chi connectivity index (χ3n) is 2.71. The zero-order valence-corrected chi connectivity index (χ0v) is 8.28. The number of nitrogens with zero attached hydrogens (tertiary/aromatic N) is 1. The lowest BCUT2D eigenvalue weighted by Gasteiger charge is -2.05. The Bertz CT molecular complexity index is 366. The minimum atomic E-state index is 0.0509. The molecule has 0 aromatic carbocycles. The van der Waals surface area contributed by atoms with Crippen molar-refractivity contribution in [2.75, 3.05) is 5.73 Å². The topological polar surface area (TPSA) is 48.0 Å². The van der Waals surface area contributed by atoms with Gasteiger partial charge in [-0.2, -0.15) is 0 Å². The van der Waals surface area contributed by atoms with Gasteiger partial charge in [0.25, 0.3) is 5.56 Å². The number of hydrogen-bond acceptors (Lipinski definition) is 2. The molecule has 0 amide bonds. The summed E-state index contributed by atoms with van der Waals surface area (Å²) in [6, 6.07) is 3.19. The quantitative estimate of drug-likeness (QED) is 0.788. The number of rotatable bonds is 4. The Morgan fingerprint density at radius 3 is 2.93 bits per heavy atom. The standard InChI is InChI=1S/C11H16N2O/c12-10-5-6-11(14)13(8-10)7-1-2-9-3-4-9/h5-6,8-9H,1-4,7,12H2. The number of hydrogen-bond donors (Lipinski definition) is 1. The minimum Gasteiger partial charge on any atom is -0.398 e. The number of anilines is 1. The second-order valence-electron chi connectivity index (χ2n) is 4.08. The molecule has 1 aliphatic carbocycles. The van der Waals surface area contributed by atoms with Gasteiger partial charge in [0, 0.05) is 24.5 Å². The summed E-state index contributed by atoms with van der Waals surface area (Å²) in [6.07, 6.45) is 6.84. The molecule has 0 aliphatic heterocycles. The maximum atomic E-state index is 11.4. The average Bonchev–Trinajstić information content (AvgIpc) is 2.95. The lowest BCUT2D eigenvalue weighted by atomic mass is 10.2. The third kappa shape index (κ3) is 2.37. The molecule has 0 radical (unpaired) electrons. The second-order valence-corrected chi connectivity index (χ2v) is 4.08. The molecule has 2 rings (SSSR count). The molecule has 1 aromatic heterocycles. The summed E-state index contributed by atoms with van der Waals surface area (Å²) >= 11 is 0. The van der Waals surface area contributed by atoms with E-state index in [2.05, 4.69) is 0 Å². The van der Waals surface area contributed by atoms with Gasteiger partial charge in [-0.05, 0) is 24.8 Å². The van der Waals surface area contributed by atoms with E-state index in [1.807, 2.05) is 0 Å². The molecule has 76 valence electrons. The zero-order chi connectivity index (χ0) is 9.97. The zero-order valence-electron chi connectivity index (χ0n) is 8.28. The van der Waals surface area contributed by atoms with E-state index in [9.17, 15) is 4.79 Å². The van der Waals surface area contributed by atoms with Crippen molar-refractivity contribution in [2.24, 2.45) is 5.92 Å². The highest BCUT2D eigenvalue weighted by molar-refractivity contribution is 5.33. The molecule has 1 fully saturated rings. The lowest BCUT2D eigenvalue weighted by Crippen LogP contribution is -2.18. The van der Waals surface area contributed by atoms with Gasteiger partial charge in [0.15, 0.2) is 0 Å². The molecule has 0 saturated heterocycles. The van der Waals surface area contributed by atoms with E-state index in [-0.39, 0.29) is 5.56 Å². The molecule has 1 aromatic rings. The summed E-state index contributed by atoms with van der Waals surface area (Å²) in [4.78, 5) is 11.4. The van der Waals surface area contributed by atoms with Gasteiger partial charge in [-0.15, -0.1) is 0 Å². The Kier molecular flexibility index (Phi) is 2.57. The number of pyridine rings is 1. The van der Waals surface area contributed by atoms with Crippen LogP contribution in [0.25, 0.3) is 0 Å². The van der Waals surface area contributed by atoms with E-state index in [1.54, 1.807) is 16.8 Å². The predicted molar refractivity (Wildman–Crippen MR) is 57.1 cm³/mol. The molecule has 3 heteroatoms. The molecule has 0 spiro atoms. The van der Waals surface area contributed by atoms with Crippen LogP contribution in [0.1, 0.15) is 25.7 Å². The predicted octanol–water partition coefficient (Wildman–Crippen LogP) is 1.62. The summed E-state index contributed by atoms with van der Waals surface area (Å²) in [5, 5.41) is 0. The highest BCUT2D eigenvalue weighted by atomic mass is 16.1. The van der Waals surface area contributed by atoms with E-state index in [0.29, 0.717) is 5.69 Å². The first-order chi connectivity index (χ1) is 6.75. The van der Waals surface area contributed by atoms with Gasteiger partial charge in [0.2, 0.25) is 0 Å². The molecule has 1 heterocycles. The largest absolute Gasteiger partial charge is 0.398 e. The monoisotopic (exact) mass is 192 g/mol. The Morgan fingerprint density at radius 2 is 2.21 bits per heavy atom. The Labute approximate surface area is 83.5 Å². The van der Waals surface area contributed by atoms with Crippen LogP contribution in [-0.4, -0.2) is 4.57 Å². The summed E-state index contributed by atoms with van der Waals surface area (Å²) < 4.78 is 1.71. The van der Waals surface area contributed by atoms with Crippen molar-refractivity contribution in [1.82, 2.24) is 4.57 Å². The van der Waals surface area contributed by atoms with E-state index in [0.717, 1.165) is 18.9 Å². The van der Waals surface area contributed by atoms with Crippen molar-refractivity contribution in [3.63, 3.8) is 0 Å². The molecule has 0 unspecified atom stereocenters. The van der Waals surface area contributed by atoms with Crippen molar-refractivity contribution in [1.29, 1.82) is 0 Å². The molecule has 2 N–H and O–H groups in total. The van der Waals surface area contributed by atoms with Gasteiger partial charge in [0.1, 0.15) is 0 Å². The van der Waals surface area contributed by atoms with Crippen LogP contribution in [-0.2, 0) is 6.54 Å². The molecule has 1 aliphatic rings. The average molecular weight is 192 g/mol. The van der Waals surface area contributed by atoms with Gasteiger partial charge < -0.3 is 10.3 Å². The van der Waals surface area contributed by atoms with E-state index < -0.39 is 0 Å². The fourth-order valence-corrected chi connectivity index (χ4v) is 1.68. The molecule has 3 nitrogen and oxygen atoms in total. The molecule has 0 bridgehead atoms. The van der Waals surface area contributed by atoms with Crippen LogP contribution >= 0.6 is 0 Å². The number of nitrogen functional groups attached to an aromatic ring is 1. The van der Waals surface area contributed by atoms with Crippen LogP contribution in [0.15, 0.2) is 23.1 Å². The van der Waals surface area contributed by atoms with E-state index in [1.165, 1.54) is 25.3 Å². The van der Waals surface area contributed by atoms with Crippen molar-refractivity contribution >= 4 is 5.69 Å². The summed E-state index contributed by atoms with van der Waals surface area (Å²) in [5.41, 5.74) is 6.33. The van der Waals surface area contributed by atoms with Crippen molar-refractivity contribution < 1.29 is 0 Å². The number of aromatic nitrogens is 1. The first-order valence-corrected chi connectivity index (χ1v) is 5.21. The molecular formula is C11H16N2O. The van der Waals surface area contributed by atoms with Gasteiger partial charge in [-0.3, -0.25) is 4.79 Å². The Morgan fingerprint density at radius 1 is 1.43 bits per heavy atom. The van der Waals surface area contributed by atoms with Gasteiger partial charge in [-0.25, -0.2) is 0 Å². The minimum absolute atomic E-state index is 0.0509. The van der Waals surface area contributed by atoms with Gasteiger partial charge >= 0.3 is 0 Å². The van der Waals surface area contributed by atoms with Crippen LogP contribution in [0.4, 0.5) is 5.69 Å². The first kappa shape index (κ1) is 9.31. The van der Waals surface area contributed by atoms with Crippen molar-refractivity contribution in [3.05, 3.63) is 28.7 Å². The smallest absolute Gasteiger partial charge is 0.250 e. The van der Waals surface area contributed by atoms with Gasteiger partial charge in [0.05, 0.1) is 0 Å². The van der Waals surface area contributed by atoms with E-state index >= 15 is 0 Å². The molecular weight excluding hydrogens is 176 g/mol. The fraction of sp³-hybridized carbons (Fsp3) is 0.545. The highest BCUT2D eigenvalue weighted by Gasteiger charge is 2.20. The van der Waals surface area contributed by atoms with Crippen LogP contribution in [0.5, 0.6) is 0 Å². The lowest BCUT2D eigenvalue weighted by molar-refractivity contribution is 0.566. The van der Waals surface area contributed by atoms with Crippen molar-refractivity contribution in [2.45, 2.75) is 32.2 Å². The maximum Gasteiger partial charge on any atom is 0.250 e. The van der Waals surface area contributed by atoms with Crippen LogP contribution < -0.4 is 11.3 Å². The van der Waals surface area contributed by atoms with E-state index in [4.69, 9.17) is 5.73 Å². The molecule has 14 heavy (non-hydrogen) atoms. The highest BCUT2D eigenvalue weighted by Crippen LogP contribution is 2.33. The number of aryl methyl sites for hydroxylation is 1. The summed E-state index contributed by atoms with van der Waals surface area (Å²) in [5.74, 6) is 0.937. The third-order valence-corrected chi connectivity index (χ3v) is 2.71. The normalized spacial score (nSPS) is 15.7. The molecule has 1 saturated carbocycles. The first-order valence-electron chi connectivity index (χ1n) is 5.21. The number of nitrogens with two attached hydrogens (primary N) is 1. The fourth-order valence-electron chi connectivity index (χ4n) is 1.68. The SMILES string of the molecule is Nc1ccc(=O)n(CCCC2CC2)c1.